The van der Waals surface area contributed by atoms with Gasteiger partial charge in [0.1, 0.15) is 5.75 Å². The number of nitrogens with zero attached hydrogens (tertiary/aromatic N) is 4. The van der Waals surface area contributed by atoms with Gasteiger partial charge in [-0.05, 0) is 43.2 Å². The Morgan fingerprint density at radius 1 is 1.14 bits per heavy atom. The number of rotatable bonds is 3. The first kappa shape index (κ1) is 16.0. The molecular weight excluding hydrogens is 300 g/mol. The van der Waals surface area contributed by atoms with E-state index < -0.39 is 0 Å². The molecule has 0 fully saturated rings. The molecule has 2 heterocycles. The maximum absolute atomic E-state index is 5.44. The molecule has 0 bridgehead atoms. The number of ether oxygens (including phenoxy) is 1. The molecular formula is C16H17ClN4O. The Morgan fingerprint density at radius 3 is 2.64 bits per heavy atom. The van der Waals surface area contributed by atoms with Gasteiger partial charge in [0.15, 0.2) is 0 Å². The first-order valence-electron chi connectivity index (χ1n) is 6.67. The van der Waals surface area contributed by atoms with Crippen LogP contribution >= 0.6 is 12.4 Å². The summed E-state index contributed by atoms with van der Waals surface area (Å²) in [6.07, 6.45) is 5.28. The van der Waals surface area contributed by atoms with Crippen molar-refractivity contribution in [3.8, 4) is 22.7 Å². The molecule has 0 atom stereocenters. The number of methoxy groups -OCH3 is 1. The van der Waals surface area contributed by atoms with Crippen molar-refractivity contribution in [2.24, 2.45) is 0 Å². The molecule has 22 heavy (non-hydrogen) atoms. The van der Waals surface area contributed by atoms with Gasteiger partial charge in [0.2, 0.25) is 0 Å². The maximum Gasteiger partial charge on any atom is 0.124 e. The fourth-order valence-electron chi connectivity index (χ4n) is 2.28. The summed E-state index contributed by atoms with van der Waals surface area (Å²) in [5.74, 6) is 0.845. The number of hydrogen-bond donors (Lipinski definition) is 0. The summed E-state index contributed by atoms with van der Waals surface area (Å²) >= 11 is 0. The molecule has 0 aliphatic carbocycles. The highest BCUT2D eigenvalue weighted by Crippen LogP contribution is 2.27. The fraction of sp³-hybridized carbons (Fsp3) is 0.188. The van der Waals surface area contributed by atoms with E-state index in [4.69, 9.17) is 4.74 Å². The lowest BCUT2D eigenvalue weighted by Gasteiger charge is -2.12. The lowest BCUT2D eigenvalue weighted by molar-refractivity contribution is 0.411. The average molecular weight is 317 g/mol. The molecule has 0 amide bonds. The van der Waals surface area contributed by atoms with E-state index in [1.807, 2.05) is 25.1 Å². The number of aryl methyl sites for hydroxylation is 1. The van der Waals surface area contributed by atoms with Crippen LogP contribution in [-0.4, -0.2) is 27.1 Å². The molecule has 0 radical (unpaired) electrons. The lowest BCUT2D eigenvalue weighted by atomic mass is 10.1. The Labute approximate surface area is 135 Å². The Hall–Kier alpha value is -2.40. The third-order valence-corrected chi connectivity index (χ3v) is 3.58. The number of halogens is 1. The first-order valence-corrected chi connectivity index (χ1v) is 6.67. The second-order valence-electron chi connectivity index (χ2n) is 4.86. The SMILES string of the molecule is COc1cc(-n2nncc2-c2cccnc2)cc(C)c1C.Cl. The van der Waals surface area contributed by atoms with Crippen LogP contribution in [0.25, 0.3) is 16.9 Å². The monoisotopic (exact) mass is 316 g/mol. The number of pyridine rings is 1. The van der Waals surface area contributed by atoms with Crippen LogP contribution in [0, 0.1) is 13.8 Å². The molecule has 0 saturated heterocycles. The van der Waals surface area contributed by atoms with Crippen molar-refractivity contribution in [2.45, 2.75) is 13.8 Å². The van der Waals surface area contributed by atoms with E-state index in [-0.39, 0.29) is 12.4 Å². The van der Waals surface area contributed by atoms with Gasteiger partial charge >= 0.3 is 0 Å². The Morgan fingerprint density at radius 2 is 1.95 bits per heavy atom. The van der Waals surface area contributed by atoms with Crippen molar-refractivity contribution >= 4 is 12.4 Å². The maximum atomic E-state index is 5.44. The van der Waals surface area contributed by atoms with Gasteiger partial charge in [-0.2, -0.15) is 0 Å². The molecule has 114 valence electrons. The normalized spacial score (nSPS) is 10.1. The quantitative estimate of drug-likeness (QED) is 0.743. The van der Waals surface area contributed by atoms with Crippen molar-refractivity contribution in [1.29, 1.82) is 0 Å². The molecule has 3 rings (SSSR count). The van der Waals surface area contributed by atoms with Crippen LogP contribution in [0.15, 0.2) is 42.9 Å². The van der Waals surface area contributed by atoms with Gasteiger partial charge in [-0.3, -0.25) is 4.98 Å². The second kappa shape index (κ2) is 6.58. The van der Waals surface area contributed by atoms with E-state index in [0.29, 0.717) is 0 Å². The molecule has 0 unspecified atom stereocenters. The van der Waals surface area contributed by atoms with Gasteiger partial charge in [-0.25, -0.2) is 4.68 Å². The minimum atomic E-state index is 0. The Bertz CT molecular complexity index is 771. The molecule has 1 aromatic carbocycles. The van der Waals surface area contributed by atoms with Gasteiger partial charge in [0.25, 0.3) is 0 Å². The first-order chi connectivity index (χ1) is 10.2. The molecule has 0 aliphatic heterocycles. The predicted molar refractivity (Wildman–Crippen MR) is 87.9 cm³/mol. The van der Waals surface area contributed by atoms with Crippen LogP contribution in [0.3, 0.4) is 0 Å². The highest BCUT2D eigenvalue weighted by atomic mass is 35.5. The smallest absolute Gasteiger partial charge is 0.124 e. The van der Waals surface area contributed by atoms with E-state index in [9.17, 15) is 0 Å². The molecule has 6 heteroatoms. The number of benzene rings is 1. The van der Waals surface area contributed by atoms with Crippen molar-refractivity contribution in [3.05, 3.63) is 54.0 Å². The summed E-state index contributed by atoms with van der Waals surface area (Å²) in [4.78, 5) is 4.15. The molecule has 0 saturated carbocycles. The molecule has 2 aromatic heterocycles. The van der Waals surface area contributed by atoms with Crippen LogP contribution < -0.4 is 4.74 Å². The standard InChI is InChI=1S/C16H16N4O.ClH/c1-11-7-14(8-16(21-3)12(11)2)20-15(10-18-19-20)13-5-4-6-17-9-13;/h4-10H,1-3H3;1H. The van der Waals surface area contributed by atoms with Crippen molar-refractivity contribution in [2.75, 3.05) is 7.11 Å². The van der Waals surface area contributed by atoms with Gasteiger partial charge in [-0.1, -0.05) is 5.21 Å². The van der Waals surface area contributed by atoms with Crippen molar-refractivity contribution in [3.63, 3.8) is 0 Å². The molecule has 0 aliphatic rings. The molecule has 3 aromatic rings. The average Bonchev–Trinajstić information content (AvgIpc) is 3.00. The summed E-state index contributed by atoms with van der Waals surface area (Å²) in [6.45, 7) is 4.10. The van der Waals surface area contributed by atoms with Crippen LogP contribution in [0.1, 0.15) is 11.1 Å². The van der Waals surface area contributed by atoms with Crippen molar-refractivity contribution < 1.29 is 4.74 Å². The van der Waals surface area contributed by atoms with Crippen LogP contribution in [-0.2, 0) is 0 Å². The zero-order valence-electron chi connectivity index (χ0n) is 12.6. The van der Waals surface area contributed by atoms with Crippen LogP contribution in [0.4, 0.5) is 0 Å². The van der Waals surface area contributed by atoms with Gasteiger partial charge < -0.3 is 4.74 Å². The van der Waals surface area contributed by atoms with E-state index in [1.54, 1.807) is 30.4 Å². The highest BCUT2D eigenvalue weighted by Gasteiger charge is 2.12. The van der Waals surface area contributed by atoms with Crippen LogP contribution in [0.5, 0.6) is 5.75 Å². The minimum absolute atomic E-state index is 0. The third-order valence-electron chi connectivity index (χ3n) is 3.58. The zero-order chi connectivity index (χ0) is 14.8. The van der Waals surface area contributed by atoms with E-state index >= 15 is 0 Å². The van der Waals surface area contributed by atoms with Crippen molar-refractivity contribution in [1.82, 2.24) is 20.0 Å². The minimum Gasteiger partial charge on any atom is -0.496 e. The largest absolute Gasteiger partial charge is 0.496 e. The Balaban J connectivity index is 0.00000176. The summed E-state index contributed by atoms with van der Waals surface area (Å²) in [5.41, 5.74) is 5.07. The lowest BCUT2D eigenvalue weighted by Crippen LogP contribution is -2.02. The molecule has 0 spiro atoms. The third kappa shape index (κ3) is 2.80. The summed E-state index contributed by atoms with van der Waals surface area (Å²) < 4.78 is 7.23. The highest BCUT2D eigenvalue weighted by molar-refractivity contribution is 5.85. The van der Waals surface area contributed by atoms with Gasteiger partial charge in [0.05, 0.1) is 24.7 Å². The van der Waals surface area contributed by atoms with E-state index in [0.717, 1.165) is 33.8 Å². The second-order valence-corrected chi connectivity index (χ2v) is 4.86. The van der Waals surface area contributed by atoms with E-state index in [1.165, 1.54) is 0 Å². The number of aromatic nitrogens is 4. The van der Waals surface area contributed by atoms with Gasteiger partial charge in [-0.15, -0.1) is 17.5 Å². The fourth-order valence-corrected chi connectivity index (χ4v) is 2.28. The Kier molecular flexibility index (Phi) is 4.78. The van der Waals surface area contributed by atoms with E-state index in [2.05, 4.69) is 28.3 Å². The molecule has 0 N–H and O–H groups in total. The molecule has 5 nitrogen and oxygen atoms in total. The summed E-state index contributed by atoms with van der Waals surface area (Å²) in [6, 6.07) is 7.93. The van der Waals surface area contributed by atoms with Gasteiger partial charge in [0, 0.05) is 24.0 Å². The van der Waals surface area contributed by atoms with Crippen LogP contribution in [0.2, 0.25) is 0 Å². The number of hydrogen-bond acceptors (Lipinski definition) is 4. The topological polar surface area (TPSA) is 52.8 Å². The zero-order valence-corrected chi connectivity index (χ0v) is 13.5. The summed E-state index contributed by atoms with van der Waals surface area (Å²) in [7, 11) is 1.68. The predicted octanol–water partition coefficient (Wildman–Crippen LogP) is 3.38. The summed E-state index contributed by atoms with van der Waals surface area (Å²) in [5, 5.41) is 8.22.